The zero-order valence-electron chi connectivity index (χ0n) is 22.8. The number of para-hydroxylation sites is 1. The van der Waals surface area contributed by atoms with Gasteiger partial charge in [0.2, 0.25) is 11.8 Å². The second kappa shape index (κ2) is 13.2. The van der Waals surface area contributed by atoms with Gasteiger partial charge in [-0.2, -0.15) is 0 Å². The Bertz CT molecular complexity index is 1390. The van der Waals surface area contributed by atoms with E-state index in [4.69, 9.17) is 9.47 Å². The van der Waals surface area contributed by atoms with Gasteiger partial charge in [0.1, 0.15) is 18.1 Å². The maximum absolute atomic E-state index is 13.9. The fourth-order valence-corrected chi connectivity index (χ4v) is 5.22. The molecule has 0 spiro atoms. The highest BCUT2D eigenvalue weighted by molar-refractivity contribution is 7.10. The normalized spacial score (nSPS) is 11.9. The lowest BCUT2D eigenvalue weighted by Crippen LogP contribution is -2.45. The molecule has 4 rings (SSSR count). The Hall–Kier alpha value is -3.92. The van der Waals surface area contributed by atoms with Crippen LogP contribution >= 0.6 is 11.3 Å². The van der Waals surface area contributed by atoms with Crippen molar-refractivity contribution in [2.45, 2.75) is 39.3 Å². The number of amides is 2. The summed E-state index contributed by atoms with van der Waals surface area (Å²) in [7, 11) is 3.18. The summed E-state index contributed by atoms with van der Waals surface area (Å²) in [5.74, 6) is 1.29. The van der Waals surface area contributed by atoms with Gasteiger partial charge in [-0.1, -0.05) is 43.3 Å². The highest BCUT2D eigenvalue weighted by Gasteiger charge is 2.32. The molecule has 4 aromatic rings. The molecule has 0 radical (unpaired) electrons. The quantitative estimate of drug-likeness (QED) is 0.264. The van der Waals surface area contributed by atoms with Gasteiger partial charge in [-0.3, -0.25) is 9.59 Å². The molecule has 0 aliphatic carbocycles. The Balaban J connectivity index is 1.64. The van der Waals surface area contributed by atoms with Crippen LogP contribution < -0.4 is 14.8 Å². The molecule has 39 heavy (non-hydrogen) atoms. The predicted molar refractivity (Wildman–Crippen MR) is 152 cm³/mol. The fourth-order valence-electron chi connectivity index (χ4n) is 4.39. The summed E-state index contributed by atoms with van der Waals surface area (Å²) in [5, 5.41) is 13.4. The molecule has 0 saturated carbocycles. The number of ether oxygens (including phenoxy) is 2. The lowest BCUT2D eigenvalue weighted by molar-refractivity contribution is -0.141. The maximum Gasteiger partial charge on any atom is 0.248 e. The Morgan fingerprint density at radius 3 is 2.56 bits per heavy atom. The van der Waals surface area contributed by atoms with Crippen LogP contribution in [0, 0.1) is 5.92 Å². The van der Waals surface area contributed by atoms with Crippen molar-refractivity contribution in [3.63, 3.8) is 0 Å². The summed E-state index contributed by atoms with van der Waals surface area (Å²) >= 11 is 1.46. The average Bonchev–Trinajstić information content (AvgIpc) is 3.61. The van der Waals surface area contributed by atoms with Crippen molar-refractivity contribution in [2.75, 3.05) is 27.3 Å². The third kappa shape index (κ3) is 6.94. The van der Waals surface area contributed by atoms with Gasteiger partial charge >= 0.3 is 0 Å². The number of benzene rings is 2. The van der Waals surface area contributed by atoms with E-state index in [-0.39, 0.29) is 18.4 Å². The molecule has 0 aliphatic heterocycles. The number of thiophene rings is 1. The van der Waals surface area contributed by atoms with Crippen molar-refractivity contribution < 1.29 is 19.1 Å². The molecule has 2 heterocycles. The highest BCUT2D eigenvalue weighted by Crippen LogP contribution is 2.30. The molecule has 2 amide bonds. The molecular formula is C29H35N5O4S. The Morgan fingerprint density at radius 1 is 1.05 bits per heavy atom. The van der Waals surface area contributed by atoms with E-state index in [1.54, 1.807) is 23.8 Å². The Kier molecular flexibility index (Phi) is 9.54. The summed E-state index contributed by atoms with van der Waals surface area (Å²) in [6.07, 6.45) is 1.37. The third-order valence-electron chi connectivity index (χ3n) is 6.51. The largest absolute Gasteiger partial charge is 0.493 e. The van der Waals surface area contributed by atoms with Crippen LogP contribution in [0.5, 0.6) is 11.5 Å². The lowest BCUT2D eigenvalue weighted by atomic mass is 10.1. The highest BCUT2D eigenvalue weighted by atomic mass is 32.1. The minimum absolute atomic E-state index is 0.0341. The zero-order valence-corrected chi connectivity index (χ0v) is 23.6. The number of aromatic nitrogens is 3. The van der Waals surface area contributed by atoms with Crippen LogP contribution in [0.25, 0.3) is 11.0 Å². The van der Waals surface area contributed by atoms with Gasteiger partial charge in [0.15, 0.2) is 11.5 Å². The van der Waals surface area contributed by atoms with Crippen LogP contribution in [0.4, 0.5) is 0 Å². The van der Waals surface area contributed by atoms with Crippen molar-refractivity contribution in [2.24, 2.45) is 5.92 Å². The molecule has 1 N–H and O–H groups in total. The van der Waals surface area contributed by atoms with Crippen LogP contribution in [0.1, 0.15) is 36.8 Å². The predicted octanol–water partition coefficient (Wildman–Crippen LogP) is 4.48. The van der Waals surface area contributed by atoms with E-state index in [1.807, 2.05) is 60.0 Å². The van der Waals surface area contributed by atoms with Crippen molar-refractivity contribution >= 4 is 34.2 Å². The number of nitrogens with zero attached hydrogens (tertiary/aromatic N) is 4. The van der Waals surface area contributed by atoms with Crippen molar-refractivity contribution in [1.29, 1.82) is 0 Å². The van der Waals surface area contributed by atoms with E-state index in [0.717, 1.165) is 22.4 Å². The van der Waals surface area contributed by atoms with Gasteiger partial charge in [-0.15, -0.1) is 16.4 Å². The van der Waals surface area contributed by atoms with Crippen LogP contribution in [-0.2, 0) is 22.6 Å². The molecule has 2 aromatic carbocycles. The number of hydrogen-bond donors (Lipinski definition) is 1. The number of carbonyl (C=O) groups is 2. The van der Waals surface area contributed by atoms with Gasteiger partial charge < -0.3 is 19.7 Å². The third-order valence-corrected chi connectivity index (χ3v) is 7.43. The molecule has 0 aliphatic rings. The maximum atomic E-state index is 13.9. The number of rotatable bonds is 13. The molecule has 0 unspecified atom stereocenters. The van der Waals surface area contributed by atoms with Crippen molar-refractivity contribution in [1.82, 2.24) is 25.2 Å². The minimum atomic E-state index is -0.764. The van der Waals surface area contributed by atoms with E-state index in [9.17, 15) is 9.59 Å². The van der Waals surface area contributed by atoms with Crippen LogP contribution in [0.3, 0.4) is 0 Å². The van der Waals surface area contributed by atoms with E-state index < -0.39 is 6.04 Å². The minimum Gasteiger partial charge on any atom is -0.493 e. The molecule has 2 aromatic heterocycles. The monoisotopic (exact) mass is 549 g/mol. The second-order valence-corrected chi connectivity index (χ2v) is 10.6. The summed E-state index contributed by atoms with van der Waals surface area (Å²) in [6.45, 7) is 5.06. The van der Waals surface area contributed by atoms with Gasteiger partial charge in [0, 0.05) is 18.0 Å². The standard InChI is InChI=1S/C29H35N5O4S/c1-20(2)13-15-30-29(36)28(26-10-7-17-39-26)33(16-14-21-11-12-24(37-3)25(18-21)38-4)27(35)19-34-23-9-6-5-8-22(23)31-32-34/h5-12,17-18,20,28H,13-16,19H2,1-4H3,(H,30,36)/t28-/m0/s1. The van der Waals surface area contributed by atoms with Crippen molar-refractivity contribution in [3.05, 3.63) is 70.4 Å². The number of hydrogen-bond acceptors (Lipinski definition) is 7. The van der Waals surface area contributed by atoms with E-state index >= 15 is 0 Å². The van der Waals surface area contributed by atoms with Gasteiger partial charge in [0.25, 0.3) is 0 Å². The molecule has 9 nitrogen and oxygen atoms in total. The molecule has 206 valence electrons. The van der Waals surface area contributed by atoms with E-state index in [2.05, 4.69) is 29.5 Å². The molecule has 0 bridgehead atoms. The summed E-state index contributed by atoms with van der Waals surface area (Å²) < 4.78 is 12.4. The first-order valence-electron chi connectivity index (χ1n) is 13.0. The second-order valence-electron chi connectivity index (χ2n) is 9.65. The summed E-state index contributed by atoms with van der Waals surface area (Å²) in [5.41, 5.74) is 2.44. The Morgan fingerprint density at radius 2 is 1.85 bits per heavy atom. The van der Waals surface area contributed by atoms with E-state index in [1.165, 1.54) is 11.3 Å². The van der Waals surface area contributed by atoms with Gasteiger partial charge in [-0.05, 0) is 60.0 Å². The number of methoxy groups -OCH3 is 2. The lowest BCUT2D eigenvalue weighted by Gasteiger charge is -2.31. The topological polar surface area (TPSA) is 98.6 Å². The zero-order chi connectivity index (χ0) is 27.8. The van der Waals surface area contributed by atoms with Crippen LogP contribution in [-0.4, -0.2) is 59.0 Å². The molecule has 10 heteroatoms. The van der Waals surface area contributed by atoms with Crippen LogP contribution in [0.15, 0.2) is 60.0 Å². The number of fused-ring (bicyclic) bond motifs is 1. The van der Waals surface area contributed by atoms with Gasteiger partial charge in [-0.25, -0.2) is 4.68 Å². The average molecular weight is 550 g/mol. The summed E-state index contributed by atoms with van der Waals surface area (Å²) in [4.78, 5) is 30.0. The Labute approximate surface area is 232 Å². The molecule has 1 atom stereocenters. The SMILES string of the molecule is COc1ccc(CCN(C(=O)Cn2nnc3ccccc32)[C@H](C(=O)NCCC(C)C)c2cccs2)cc1OC. The number of carbonyl (C=O) groups excluding carboxylic acids is 2. The van der Waals surface area contributed by atoms with E-state index in [0.29, 0.717) is 42.4 Å². The molecule has 0 fully saturated rings. The first kappa shape index (κ1) is 28.1. The fraction of sp³-hybridized carbons (Fsp3) is 0.379. The summed E-state index contributed by atoms with van der Waals surface area (Å²) in [6, 6.07) is 16.2. The smallest absolute Gasteiger partial charge is 0.248 e. The molecular weight excluding hydrogens is 514 g/mol. The first-order valence-corrected chi connectivity index (χ1v) is 13.9. The number of nitrogens with one attached hydrogen (secondary N) is 1. The van der Waals surface area contributed by atoms with Gasteiger partial charge in [0.05, 0.1) is 19.7 Å². The first-order chi connectivity index (χ1) is 18.9. The van der Waals surface area contributed by atoms with Crippen molar-refractivity contribution in [3.8, 4) is 11.5 Å². The van der Waals surface area contributed by atoms with Crippen LogP contribution in [0.2, 0.25) is 0 Å². The molecule has 0 saturated heterocycles.